The van der Waals surface area contributed by atoms with Gasteiger partial charge in [0.1, 0.15) is 0 Å². The molecule has 0 amide bonds. The largest absolute Gasteiger partial charge is 4.00 e. The number of pyridine rings is 1. The average molecular weight is 1040 g/mol. The molecular formula is C61H72HfN2O2. The molecule has 1 saturated heterocycles. The Labute approximate surface area is 416 Å². The van der Waals surface area contributed by atoms with Gasteiger partial charge in [-0.05, 0) is 194 Å². The Balaban J connectivity index is 0.00000183. The van der Waals surface area contributed by atoms with Gasteiger partial charge in [0.15, 0.2) is 0 Å². The Morgan fingerprint density at radius 3 is 1.21 bits per heavy atom. The Hall–Kier alpha value is -3.70. The van der Waals surface area contributed by atoms with E-state index in [1.807, 2.05) is 0 Å². The van der Waals surface area contributed by atoms with Gasteiger partial charge in [0.25, 0.3) is 0 Å². The molecule has 0 spiro atoms. The fourth-order valence-corrected chi connectivity index (χ4v) is 18.1. The van der Waals surface area contributed by atoms with Crippen molar-refractivity contribution in [2.24, 2.45) is 33.5 Å². The zero-order valence-corrected chi connectivity index (χ0v) is 44.9. The quantitative estimate of drug-likeness (QED) is 0.120. The van der Waals surface area contributed by atoms with Gasteiger partial charge in [-0.2, -0.15) is 0 Å². The standard InChI is InChI=1S/C59H68N2O2.2CH3.Hf/c1-37-19-46(52(62)48(21-37)58-29-39-25-54(3,33-58)31-55(4,26-39)34-58)42-13-7-9-15-44(42)50-23-41(61-17-11-12-18-61)24-51(60-50)45-16-10-8-14-43(45)47-20-38(2)22-49(53(47)63)59-30-40-27-56(5,35-59)32-57(6,28-40)36-59;;;/h7-10,13-16,19-24,39-40,62-63H,11-12,17-18,25-36H2,1-6H3;2*1H3;/q;2*-1;+4/p-2. The van der Waals surface area contributed by atoms with E-state index in [0.717, 1.165) is 124 Å². The van der Waals surface area contributed by atoms with Crippen molar-refractivity contribution >= 4 is 5.69 Å². The fraction of sp³-hybridized carbons (Fsp3) is 0.492. The van der Waals surface area contributed by atoms with Crippen molar-refractivity contribution in [3.63, 3.8) is 0 Å². The second kappa shape index (κ2) is 16.2. The third-order valence-electron chi connectivity index (χ3n) is 18.1. The first-order valence-electron chi connectivity index (χ1n) is 24.6. The van der Waals surface area contributed by atoms with Crippen LogP contribution in [-0.4, -0.2) is 18.1 Å². The summed E-state index contributed by atoms with van der Waals surface area (Å²) in [5.41, 5.74) is 14.0. The van der Waals surface area contributed by atoms with E-state index in [4.69, 9.17) is 4.98 Å². The normalized spacial score (nSPS) is 33.3. The smallest absolute Gasteiger partial charge is 0.872 e. The Kier molecular flexibility index (Phi) is 11.6. The molecular weight excluding hydrogens is 971 g/mol. The van der Waals surface area contributed by atoms with E-state index in [2.05, 4.69) is 131 Å². The van der Waals surface area contributed by atoms with Gasteiger partial charge in [-0.1, -0.05) is 123 Å². The van der Waals surface area contributed by atoms with Crippen molar-refractivity contribution in [3.05, 3.63) is 122 Å². The summed E-state index contributed by atoms with van der Waals surface area (Å²) < 4.78 is 0. The van der Waals surface area contributed by atoms with Crippen molar-refractivity contribution in [2.45, 2.75) is 142 Å². The predicted molar refractivity (Wildman–Crippen MR) is 267 cm³/mol. The number of anilines is 1. The average Bonchev–Trinajstić information content (AvgIpc) is 3.75. The van der Waals surface area contributed by atoms with Crippen LogP contribution >= 0.6 is 0 Å². The number of hydrogen-bond donors (Lipinski definition) is 0. The number of aryl methyl sites for hydroxylation is 2. The molecule has 9 fully saturated rings. The number of nitrogens with zero attached hydrogens (tertiary/aromatic N) is 2. The molecule has 9 aliphatic rings. The number of hydrogen-bond acceptors (Lipinski definition) is 4. The van der Waals surface area contributed by atoms with Crippen molar-refractivity contribution < 1.29 is 36.1 Å². The number of aromatic nitrogens is 1. The van der Waals surface area contributed by atoms with Gasteiger partial charge in [0.05, 0.1) is 11.4 Å². The molecule has 4 aromatic carbocycles. The van der Waals surface area contributed by atoms with Crippen LogP contribution in [0.5, 0.6) is 11.5 Å². The third-order valence-corrected chi connectivity index (χ3v) is 18.1. The maximum Gasteiger partial charge on any atom is 4.00 e. The molecule has 1 aromatic heterocycles. The van der Waals surface area contributed by atoms with Gasteiger partial charge >= 0.3 is 25.8 Å². The molecule has 66 heavy (non-hydrogen) atoms. The summed E-state index contributed by atoms with van der Waals surface area (Å²) in [6.07, 6.45) is 17.0. The van der Waals surface area contributed by atoms with Crippen LogP contribution in [0.2, 0.25) is 0 Å². The summed E-state index contributed by atoms with van der Waals surface area (Å²) >= 11 is 0. The van der Waals surface area contributed by atoms with Crippen LogP contribution in [-0.2, 0) is 36.7 Å². The Morgan fingerprint density at radius 2 is 0.848 bits per heavy atom. The maximum absolute atomic E-state index is 15.3. The molecule has 2 heterocycles. The first-order chi connectivity index (χ1) is 30.0. The molecule has 0 radical (unpaired) electrons. The Morgan fingerprint density at radius 1 is 0.485 bits per heavy atom. The molecule has 0 N–H and O–H groups in total. The minimum Gasteiger partial charge on any atom is -0.872 e. The summed E-state index contributed by atoms with van der Waals surface area (Å²) in [6, 6.07) is 30.4. The molecule has 5 heteroatoms. The molecule has 342 valence electrons. The van der Waals surface area contributed by atoms with Gasteiger partial charge in [-0.3, -0.25) is 0 Å². The maximum atomic E-state index is 15.3. The molecule has 4 unspecified atom stereocenters. The van der Waals surface area contributed by atoms with Gasteiger partial charge in [-0.15, -0.1) is 0 Å². The molecule has 4 nitrogen and oxygen atoms in total. The zero-order valence-electron chi connectivity index (χ0n) is 41.3. The number of rotatable bonds is 7. The molecule has 8 aliphatic carbocycles. The number of benzene rings is 4. The summed E-state index contributed by atoms with van der Waals surface area (Å²) in [5.74, 6) is 1.84. The Bertz CT molecular complexity index is 2500. The van der Waals surface area contributed by atoms with Crippen molar-refractivity contribution in [1.29, 1.82) is 0 Å². The van der Waals surface area contributed by atoms with Gasteiger partial charge in [-0.25, -0.2) is 4.98 Å². The summed E-state index contributed by atoms with van der Waals surface area (Å²) in [6.45, 7) is 16.4. The van der Waals surface area contributed by atoms with E-state index in [0.29, 0.717) is 33.5 Å². The minimum atomic E-state index is -0.0534. The van der Waals surface area contributed by atoms with Crippen LogP contribution in [0.3, 0.4) is 0 Å². The van der Waals surface area contributed by atoms with Gasteiger partial charge in [0.2, 0.25) is 0 Å². The predicted octanol–water partition coefficient (Wildman–Crippen LogP) is 14.5. The molecule has 8 saturated carbocycles. The van der Waals surface area contributed by atoms with Crippen molar-refractivity contribution in [1.82, 2.24) is 4.98 Å². The molecule has 4 atom stereocenters. The molecule has 5 aromatic rings. The van der Waals surface area contributed by atoms with Crippen LogP contribution in [0, 0.1) is 62.2 Å². The van der Waals surface area contributed by atoms with Crippen molar-refractivity contribution in [2.75, 3.05) is 18.0 Å². The fourth-order valence-electron chi connectivity index (χ4n) is 18.1. The van der Waals surface area contributed by atoms with Crippen LogP contribution in [0.1, 0.15) is 140 Å². The summed E-state index contributed by atoms with van der Waals surface area (Å²) in [7, 11) is 0. The molecule has 1 aliphatic heterocycles. The first-order valence-corrected chi connectivity index (χ1v) is 24.6. The third kappa shape index (κ3) is 7.58. The van der Waals surface area contributed by atoms with Crippen LogP contribution < -0.4 is 15.1 Å². The monoisotopic (exact) mass is 1040 g/mol. The first kappa shape index (κ1) is 47.4. The molecule has 14 rings (SSSR count). The van der Waals surface area contributed by atoms with Crippen molar-refractivity contribution in [3.8, 4) is 56.3 Å². The van der Waals surface area contributed by atoms with Gasteiger partial charge < -0.3 is 30.0 Å². The van der Waals surface area contributed by atoms with Crippen LogP contribution in [0.4, 0.5) is 5.69 Å². The van der Waals surface area contributed by atoms with E-state index in [1.165, 1.54) is 51.4 Å². The van der Waals surface area contributed by atoms with E-state index in [1.54, 1.807) is 0 Å². The van der Waals surface area contributed by atoms with Gasteiger partial charge in [0, 0.05) is 29.9 Å². The minimum absolute atomic E-state index is 0. The van der Waals surface area contributed by atoms with E-state index in [9.17, 15) is 0 Å². The zero-order chi connectivity index (χ0) is 43.3. The second-order valence-corrected chi connectivity index (χ2v) is 24.6. The second-order valence-electron chi connectivity index (χ2n) is 24.6. The van der Waals surface area contributed by atoms with Crippen LogP contribution in [0.25, 0.3) is 44.8 Å². The SMILES string of the molecule is Cc1cc(-c2ccccc2-c2cc(N3CCCC3)cc(-c3ccccc3-c3cc(C)cc(C45CC6CC(C)(CC(C)(C6)C4)C5)c3[O-])n2)c([O-])c(C23CC4CC(C)(CC(C)(C4)C2)C3)c1.[CH3-].[CH3-].[Hf+4]. The topological polar surface area (TPSA) is 62.2 Å². The van der Waals surface area contributed by atoms with E-state index >= 15 is 10.2 Å². The van der Waals surface area contributed by atoms with Crippen LogP contribution in [0.15, 0.2) is 84.9 Å². The molecule has 8 bridgehead atoms. The van der Waals surface area contributed by atoms with E-state index in [-0.39, 0.29) is 63.0 Å². The van der Waals surface area contributed by atoms with E-state index < -0.39 is 0 Å². The summed E-state index contributed by atoms with van der Waals surface area (Å²) in [5, 5.41) is 30.5. The summed E-state index contributed by atoms with van der Waals surface area (Å²) in [4.78, 5) is 8.08.